The first-order chi connectivity index (χ1) is 11.5. The molecule has 1 aromatic heterocycles. The molecule has 3 aromatic rings. The number of aliphatic hydroxyl groups is 1. The normalized spacial score (nSPS) is 12.1. The van der Waals surface area contributed by atoms with Crippen LogP contribution in [0.2, 0.25) is 0 Å². The van der Waals surface area contributed by atoms with Gasteiger partial charge in [0.2, 0.25) is 0 Å². The maximum atomic E-state index is 13.6. The van der Waals surface area contributed by atoms with E-state index in [1.807, 2.05) is 0 Å². The fraction of sp³-hybridized carbons (Fsp3) is 0.118. The Bertz CT molecular complexity index is 901. The molecule has 1 unspecified atom stereocenters. The number of benzene rings is 2. The molecule has 0 saturated carbocycles. The number of hydrogen-bond donors (Lipinski definition) is 2. The van der Waals surface area contributed by atoms with E-state index in [0.29, 0.717) is 16.7 Å². The number of nitrogens with one attached hydrogen (secondary N) is 1. The zero-order chi connectivity index (χ0) is 17.1. The van der Waals surface area contributed by atoms with Crippen molar-refractivity contribution in [3.8, 4) is 0 Å². The molecule has 6 nitrogen and oxygen atoms in total. The van der Waals surface area contributed by atoms with Gasteiger partial charge in [-0.2, -0.15) is 0 Å². The molecule has 1 heterocycles. The van der Waals surface area contributed by atoms with Gasteiger partial charge in [-0.3, -0.25) is 10.1 Å². The standard InChI is InChI=1S/C17H14FN3O3/c18-14-4-2-1-3-13(14)16(22)10-19-17-8-5-11-9-12(21(23)24)6-7-15(11)20-17/h1-9,16,22H,10H2,(H,19,20). The number of anilines is 1. The lowest BCUT2D eigenvalue weighted by atomic mass is 10.1. The Balaban J connectivity index is 1.75. The minimum atomic E-state index is -1.01. The largest absolute Gasteiger partial charge is 0.386 e. The highest BCUT2D eigenvalue weighted by Gasteiger charge is 2.12. The van der Waals surface area contributed by atoms with Crippen LogP contribution in [0.15, 0.2) is 54.6 Å². The summed E-state index contributed by atoms with van der Waals surface area (Å²) in [7, 11) is 0. The minimum absolute atomic E-state index is 0.0000146. The van der Waals surface area contributed by atoms with Crippen LogP contribution in [0.1, 0.15) is 11.7 Å². The van der Waals surface area contributed by atoms with E-state index >= 15 is 0 Å². The van der Waals surface area contributed by atoms with Crippen LogP contribution in [0.4, 0.5) is 15.9 Å². The lowest BCUT2D eigenvalue weighted by molar-refractivity contribution is -0.384. The Morgan fingerprint density at radius 3 is 2.75 bits per heavy atom. The fourth-order valence-corrected chi connectivity index (χ4v) is 2.38. The molecule has 0 aliphatic carbocycles. The highest BCUT2D eigenvalue weighted by atomic mass is 19.1. The molecule has 24 heavy (non-hydrogen) atoms. The van der Waals surface area contributed by atoms with Gasteiger partial charge < -0.3 is 10.4 Å². The summed E-state index contributed by atoms with van der Waals surface area (Å²) in [6, 6.07) is 13.8. The molecule has 0 aliphatic rings. The molecule has 2 aromatic carbocycles. The lowest BCUT2D eigenvalue weighted by Gasteiger charge is -2.13. The summed E-state index contributed by atoms with van der Waals surface area (Å²) in [4.78, 5) is 14.6. The minimum Gasteiger partial charge on any atom is -0.386 e. The van der Waals surface area contributed by atoms with Gasteiger partial charge in [-0.15, -0.1) is 0 Å². The molecule has 0 amide bonds. The van der Waals surface area contributed by atoms with Gasteiger partial charge in [-0.05, 0) is 24.3 Å². The van der Waals surface area contributed by atoms with Crippen LogP contribution in [0.25, 0.3) is 10.9 Å². The smallest absolute Gasteiger partial charge is 0.270 e. The van der Waals surface area contributed by atoms with Crippen LogP contribution >= 0.6 is 0 Å². The average molecular weight is 327 g/mol. The number of nitro groups is 1. The SMILES string of the molecule is O=[N+]([O-])c1ccc2nc(NCC(O)c3ccccc3F)ccc2c1. The quantitative estimate of drug-likeness (QED) is 0.554. The second kappa shape index (κ2) is 6.59. The van der Waals surface area contributed by atoms with Crippen LogP contribution in [-0.4, -0.2) is 21.6 Å². The predicted octanol–water partition coefficient (Wildman–Crippen LogP) is 3.43. The third kappa shape index (κ3) is 3.31. The van der Waals surface area contributed by atoms with Crippen molar-refractivity contribution in [2.75, 3.05) is 11.9 Å². The molecule has 122 valence electrons. The van der Waals surface area contributed by atoms with E-state index in [1.165, 1.54) is 24.3 Å². The molecule has 0 aliphatic heterocycles. The molecule has 7 heteroatoms. The molecule has 0 saturated heterocycles. The average Bonchev–Trinajstić information content (AvgIpc) is 2.59. The molecular formula is C17H14FN3O3. The topological polar surface area (TPSA) is 88.3 Å². The van der Waals surface area contributed by atoms with Crippen LogP contribution in [-0.2, 0) is 0 Å². The summed E-state index contributed by atoms with van der Waals surface area (Å²) in [6.07, 6.45) is -1.01. The monoisotopic (exact) mass is 327 g/mol. The molecule has 0 bridgehead atoms. The molecule has 0 fully saturated rings. The molecule has 0 radical (unpaired) electrons. The van der Waals surface area contributed by atoms with E-state index in [2.05, 4.69) is 10.3 Å². The van der Waals surface area contributed by atoms with Crippen molar-refractivity contribution in [1.82, 2.24) is 4.98 Å². The maximum absolute atomic E-state index is 13.6. The number of non-ortho nitro benzene ring substituents is 1. The Morgan fingerprint density at radius 2 is 2.00 bits per heavy atom. The van der Waals surface area contributed by atoms with Gasteiger partial charge in [0.1, 0.15) is 11.6 Å². The van der Waals surface area contributed by atoms with E-state index in [0.717, 1.165) is 0 Å². The first kappa shape index (κ1) is 15.8. The zero-order valence-corrected chi connectivity index (χ0v) is 12.5. The highest BCUT2D eigenvalue weighted by Crippen LogP contribution is 2.22. The number of hydrogen-bond acceptors (Lipinski definition) is 5. The van der Waals surface area contributed by atoms with Crippen molar-refractivity contribution in [3.63, 3.8) is 0 Å². The molecule has 0 spiro atoms. The van der Waals surface area contributed by atoms with Gasteiger partial charge >= 0.3 is 0 Å². The number of nitrogens with zero attached hydrogens (tertiary/aromatic N) is 2. The van der Waals surface area contributed by atoms with Crippen molar-refractivity contribution in [3.05, 3.63) is 76.1 Å². The summed E-state index contributed by atoms with van der Waals surface area (Å²) in [5.41, 5.74) is 0.798. The number of nitro benzene ring substituents is 1. The van der Waals surface area contributed by atoms with Crippen LogP contribution in [0.3, 0.4) is 0 Å². The third-order valence-corrected chi connectivity index (χ3v) is 3.62. The number of fused-ring (bicyclic) bond motifs is 1. The van der Waals surface area contributed by atoms with Crippen LogP contribution < -0.4 is 5.32 Å². The Hall–Kier alpha value is -3.06. The van der Waals surface area contributed by atoms with E-state index in [4.69, 9.17) is 0 Å². The van der Waals surface area contributed by atoms with Crippen LogP contribution in [0, 0.1) is 15.9 Å². The Labute approximate surface area is 136 Å². The second-order valence-corrected chi connectivity index (χ2v) is 5.25. The molecular weight excluding hydrogens is 313 g/mol. The Kier molecular flexibility index (Phi) is 4.35. The maximum Gasteiger partial charge on any atom is 0.270 e. The molecule has 1 atom stereocenters. The van der Waals surface area contributed by atoms with Crippen molar-refractivity contribution in [2.45, 2.75) is 6.10 Å². The molecule has 2 N–H and O–H groups in total. The van der Waals surface area contributed by atoms with Gasteiger partial charge in [0.25, 0.3) is 5.69 Å². The number of rotatable bonds is 5. The Morgan fingerprint density at radius 1 is 1.21 bits per heavy atom. The highest BCUT2D eigenvalue weighted by molar-refractivity contribution is 5.82. The van der Waals surface area contributed by atoms with Crippen molar-refractivity contribution >= 4 is 22.4 Å². The summed E-state index contributed by atoms with van der Waals surface area (Å²) in [6.45, 7) is 0.0897. The third-order valence-electron chi connectivity index (χ3n) is 3.62. The van der Waals surface area contributed by atoms with Gasteiger partial charge in [-0.1, -0.05) is 18.2 Å². The number of halogens is 1. The van der Waals surface area contributed by atoms with Crippen molar-refractivity contribution < 1.29 is 14.4 Å². The number of aromatic nitrogens is 1. The van der Waals surface area contributed by atoms with Gasteiger partial charge in [0, 0.05) is 29.6 Å². The molecule has 3 rings (SSSR count). The number of pyridine rings is 1. The van der Waals surface area contributed by atoms with E-state index < -0.39 is 16.8 Å². The van der Waals surface area contributed by atoms with Gasteiger partial charge in [0.15, 0.2) is 0 Å². The summed E-state index contributed by atoms with van der Waals surface area (Å²) >= 11 is 0. The van der Waals surface area contributed by atoms with Gasteiger partial charge in [-0.25, -0.2) is 9.37 Å². The lowest BCUT2D eigenvalue weighted by Crippen LogP contribution is -2.14. The van der Waals surface area contributed by atoms with Gasteiger partial charge in [0.05, 0.1) is 16.5 Å². The van der Waals surface area contributed by atoms with Crippen LogP contribution in [0.5, 0.6) is 0 Å². The zero-order valence-electron chi connectivity index (χ0n) is 12.5. The van der Waals surface area contributed by atoms with Crippen molar-refractivity contribution in [2.24, 2.45) is 0 Å². The first-order valence-electron chi connectivity index (χ1n) is 7.26. The number of aliphatic hydroxyl groups excluding tert-OH is 1. The summed E-state index contributed by atoms with van der Waals surface area (Å²) in [5.74, 6) is 0.0253. The second-order valence-electron chi connectivity index (χ2n) is 5.25. The van der Waals surface area contributed by atoms with E-state index in [-0.39, 0.29) is 17.8 Å². The van der Waals surface area contributed by atoms with Crippen molar-refractivity contribution in [1.29, 1.82) is 0 Å². The fourth-order valence-electron chi connectivity index (χ4n) is 2.38. The van der Waals surface area contributed by atoms with E-state index in [1.54, 1.807) is 30.3 Å². The predicted molar refractivity (Wildman–Crippen MR) is 88.2 cm³/mol. The van der Waals surface area contributed by atoms with E-state index in [9.17, 15) is 19.6 Å². The summed E-state index contributed by atoms with van der Waals surface area (Å²) < 4.78 is 13.6. The first-order valence-corrected chi connectivity index (χ1v) is 7.26. The summed E-state index contributed by atoms with van der Waals surface area (Å²) in [5, 5.41) is 24.4.